The highest BCUT2D eigenvalue weighted by molar-refractivity contribution is 7.19. The summed E-state index contributed by atoms with van der Waals surface area (Å²) in [6, 6.07) is 20.7. The molecule has 0 saturated carbocycles. The van der Waals surface area contributed by atoms with Gasteiger partial charge in [0.2, 0.25) is 0 Å². The molecule has 0 aliphatic heterocycles. The number of benzene rings is 3. The van der Waals surface area contributed by atoms with Crippen LogP contribution in [0.25, 0.3) is 20.9 Å². The second-order valence-corrected chi connectivity index (χ2v) is 9.08. The Kier molecular flexibility index (Phi) is 5.56. The number of carbonyl (C=O) groups excluding carboxylic acids is 1. The number of aliphatic carboxylic acids is 1. The molecule has 160 valence electrons. The van der Waals surface area contributed by atoms with Crippen LogP contribution in [0.1, 0.15) is 34.6 Å². The summed E-state index contributed by atoms with van der Waals surface area (Å²) in [6.07, 6.45) is 0. The van der Waals surface area contributed by atoms with Crippen molar-refractivity contribution in [2.75, 3.05) is 0 Å². The first-order valence-electron chi connectivity index (χ1n) is 9.91. The predicted molar refractivity (Wildman–Crippen MR) is 124 cm³/mol. The first-order valence-corrected chi connectivity index (χ1v) is 10.7. The average molecular weight is 445 g/mol. The molecule has 32 heavy (non-hydrogen) atoms. The van der Waals surface area contributed by atoms with Crippen LogP contribution >= 0.6 is 11.3 Å². The van der Waals surface area contributed by atoms with E-state index >= 15 is 0 Å². The number of hydrogen-bond donors (Lipinski definition) is 2. The lowest BCUT2D eigenvalue weighted by atomic mass is 10.0. The number of nitrogens with one attached hydrogen (secondary N) is 1. The molecule has 4 rings (SSSR count). The SMILES string of the molecule is CC(C)(NC(=O)c1ccc2ccccc2c1OCc1cc2cc(C#N)ccc2s1)C(=O)O. The van der Waals surface area contributed by atoms with Crippen molar-refractivity contribution in [3.8, 4) is 11.8 Å². The molecule has 0 unspecified atom stereocenters. The smallest absolute Gasteiger partial charge is 0.328 e. The monoisotopic (exact) mass is 444 g/mol. The highest BCUT2D eigenvalue weighted by Crippen LogP contribution is 2.33. The number of carboxylic acid groups (broad SMARTS) is 1. The molecule has 1 aromatic heterocycles. The van der Waals surface area contributed by atoms with Gasteiger partial charge in [-0.15, -0.1) is 11.3 Å². The van der Waals surface area contributed by atoms with Gasteiger partial charge in [-0.3, -0.25) is 4.79 Å². The fourth-order valence-corrected chi connectivity index (χ4v) is 4.32. The number of hydrogen-bond acceptors (Lipinski definition) is 5. The van der Waals surface area contributed by atoms with E-state index in [1.807, 2.05) is 48.5 Å². The Balaban J connectivity index is 1.69. The number of thiophene rings is 1. The molecule has 6 nitrogen and oxygen atoms in total. The Morgan fingerprint density at radius 3 is 2.62 bits per heavy atom. The van der Waals surface area contributed by atoms with Gasteiger partial charge < -0.3 is 15.2 Å². The second kappa shape index (κ2) is 8.33. The molecule has 4 aromatic rings. The fraction of sp³-hybridized carbons (Fsp3) is 0.160. The molecule has 0 atom stereocenters. The summed E-state index contributed by atoms with van der Waals surface area (Å²) in [7, 11) is 0. The quantitative estimate of drug-likeness (QED) is 0.431. The lowest BCUT2D eigenvalue weighted by Crippen LogP contribution is -2.49. The molecule has 0 bridgehead atoms. The van der Waals surface area contributed by atoms with Crippen molar-refractivity contribution in [1.82, 2.24) is 5.32 Å². The second-order valence-electron chi connectivity index (χ2n) is 7.91. The van der Waals surface area contributed by atoms with Gasteiger partial charge in [0.15, 0.2) is 0 Å². The van der Waals surface area contributed by atoms with Crippen LogP contribution in [0.4, 0.5) is 0 Å². The minimum atomic E-state index is -1.43. The zero-order valence-corrected chi connectivity index (χ0v) is 18.3. The summed E-state index contributed by atoms with van der Waals surface area (Å²) >= 11 is 1.56. The molecule has 0 aliphatic rings. The molecule has 1 heterocycles. The Morgan fingerprint density at radius 2 is 1.88 bits per heavy atom. The summed E-state index contributed by atoms with van der Waals surface area (Å²) in [5.41, 5.74) is -0.563. The molecule has 0 fully saturated rings. The van der Waals surface area contributed by atoms with Crippen LogP contribution in [0.3, 0.4) is 0 Å². The molecule has 2 N–H and O–H groups in total. The van der Waals surface area contributed by atoms with Crippen molar-refractivity contribution in [1.29, 1.82) is 5.26 Å². The topological polar surface area (TPSA) is 99.4 Å². The van der Waals surface area contributed by atoms with Crippen molar-refractivity contribution in [2.45, 2.75) is 26.0 Å². The van der Waals surface area contributed by atoms with Crippen LogP contribution in [-0.4, -0.2) is 22.5 Å². The zero-order valence-electron chi connectivity index (χ0n) is 17.5. The van der Waals surface area contributed by atoms with E-state index in [9.17, 15) is 14.7 Å². The summed E-state index contributed by atoms with van der Waals surface area (Å²) in [4.78, 5) is 25.4. The summed E-state index contributed by atoms with van der Waals surface area (Å²) < 4.78 is 7.20. The third-order valence-corrected chi connectivity index (χ3v) is 6.23. The van der Waals surface area contributed by atoms with Gasteiger partial charge in [-0.1, -0.05) is 30.3 Å². The van der Waals surface area contributed by atoms with Crippen LogP contribution in [-0.2, 0) is 11.4 Å². The van der Waals surface area contributed by atoms with Gasteiger partial charge in [0.1, 0.15) is 17.9 Å². The molecular weight excluding hydrogens is 424 g/mol. The van der Waals surface area contributed by atoms with Crippen LogP contribution in [0, 0.1) is 11.3 Å². The minimum absolute atomic E-state index is 0.234. The van der Waals surface area contributed by atoms with E-state index < -0.39 is 17.4 Å². The standard InChI is InChI=1S/C25H20N2O4S/c1-25(2,24(29)30)27-23(28)20-9-8-16-5-3-4-6-19(16)22(20)31-14-18-12-17-11-15(13-26)7-10-21(17)32-18/h3-12H,14H2,1-2H3,(H,27,28)(H,29,30). The fourth-order valence-electron chi connectivity index (χ4n) is 3.36. The van der Waals surface area contributed by atoms with Crippen LogP contribution in [0.15, 0.2) is 60.7 Å². The van der Waals surface area contributed by atoms with Crippen molar-refractivity contribution in [3.05, 3.63) is 76.7 Å². The summed E-state index contributed by atoms with van der Waals surface area (Å²) in [6.45, 7) is 3.10. The number of carbonyl (C=O) groups is 2. The molecule has 0 aliphatic carbocycles. The number of amides is 1. The van der Waals surface area contributed by atoms with Gasteiger partial charge in [-0.05, 0) is 55.0 Å². The lowest BCUT2D eigenvalue weighted by molar-refractivity contribution is -0.143. The zero-order chi connectivity index (χ0) is 22.9. The van der Waals surface area contributed by atoms with E-state index in [4.69, 9.17) is 10.00 Å². The molecule has 0 saturated heterocycles. The van der Waals surface area contributed by atoms with E-state index in [1.54, 1.807) is 23.5 Å². The molecular formula is C25H20N2O4S. The average Bonchev–Trinajstić information content (AvgIpc) is 3.18. The largest absolute Gasteiger partial charge is 0.487 e. The van der Waals surface area contributed by atoms with Gasteiger partial charge in [-0.2, -0.15) is 5.26 Å². The molecule has 3 aromatic carbocycles. The molecule has 7 heteroatoms. The Hall–Kier alpha value is -3.89. The van der Waals surface area contributed by atoms with Crippen molar-refractivity contribution in [3.63, 3.8) is 0 Å². The first kappa shape index (κ1) is 21.3. The van der Waals surface area contributed by atoms with E-state index in [-0.39, 0.29) is 12.2 Å². The van der Waals surface area contributed by atoms with Crippen LogP contribution < -0.4 is 10.1 Å². The van der Waals surface area contributed by atoms with E-state index in [2.05, 4.69) is 11.4 Å². The third-order valence-electron chi connectivity index (χ3n) is 5.14. The number of nitrogens with zero attached hydrogens (tertiary/aromatic N) is 1. The molecule has 1 amide bonds. The van der Waals surface area contributed by atoms with Crippen molar-refractivity contribution < 1.29 is 19.4 Å². The van der Waals surface area contributed by atoms with Gasteiger partial charge in [0, 0.05) is 15.0 Å². The maximum Gasteiger partial charge on any atom is 0.328 e. The van der Waals surface area contributed by atoms with E-state index in [1.165, 1.54) is 13.8 Å². The van der Waals surface area contributed by atoms with Crippen molar-refractivity contribution >= 4 is 44.1 Å². The minimum Gasteiger partial charge on any atom is -0.487 e. The normalized spacial score (nSPS) is 11.3. The number of ether oxygens (including phenoxy) is 1. The summed E-state index contributed by atoms with van der Waals surface area (Å²) in [5.74, 6) is -1.25. The van der Waals surface area contributed by atoms with E-state index in [0.29, 0.717) is 11.3 Å². The van der Waals surface area contributed by atoms with Gasteiger partial charge in [0.25, 0.3) is 5.91 Å². The highest BCUT2D eigenvalue weighted by Gasteiger charge is 2.30. The maximum absolute atomic E-state index is 13.0. The Labute approximate surface area is 188 Å². The lowest BCUT2D eigenvalue weighted by Gasteiger charge is -2.22. The van der Waals surface area contributed by atoms with Crippen molar-refractivity contribution in [2.24, 2.45) is 0 Å². The van der Waals surface area contributed by atoms with E-state index in [0.717, 1.165) is 25.7 Å². The number of nitriles is 1. The van der Waals surface area contributed by atoms with Gasteiger partial charge in [0.05, 0.1) is 17.2 Å². The Morgan fingerprint density at radius 1 is 1.09 bits per heavy atom. The highest BCUT2D eigenvalue weighted by atomic mass is 32.1. The third kappa shape index (κ3) is 4.13. The first-order chi connectivity index (χ1) is 15.3. The van der Waals surface area contributed by atoms with Gasteiger partial charge >= 0.3 is 5.97 Å². The Bertz CT molecular complexity index is 1400. The predicted octanol–water partition coefficient (Wildman–Crippen LogP) is 5.10. The maximum atomic E-state index is 13.0. The number of fused-ring (bicyclic) bond motifs is 2. The van der Waals surface area contributed by atoms with Gasteiger partial charge in [-0.25, -0.2) is 4.79 Å². The number of carboxylic acids is 1. The number of rotatable bonds is 6. The van der Waals surface area contributed by atoms with Crippen LogP contribution in [0.2, 0.25) is 0 Å². The van der Waals surface area contributed by atoms with Crippen LogP contribution in [0.5, 0.6) is 5.75 Å². The summed E-state index contributed by atoms with van der Waals surface area (Å²) in [5, 5.41) is 23.7. The molecule has 0 radical (unpaired) electrons. The molecule has 0 spiro atoms.